The van der Waals surface area contributed by atoms with Crippen molar-refractivity contribution in [3.63, 3.8) is 0 Å². The van der Waals surface area contributed by atoms with E-state index in [0.29, 0.717) is 12.2 Å². The molecule has 3 rings (SSSR count). The number of nitrogens with one attached hydrogen (secondary N) is 1. The molecule has 0 atom stereocenters. The number of aliphatic imine (C=N–C) groups is 1. The average molecular weight is 345 g/mol. The Balaban J connectivity index is 1.61. The Bertz CT molecular complexity index is 994. The summed E-state index contributed by atoms with van der Waals surface area (Å²) in [5.41, 5.74) is 10.2. The van der Waals surface area contributed by atoms with Crippen LogP contribution in [0.2, 0.25) is 0 Å². The number of hydrogen-bond acceptors (Lipinski definition) is 4. The van der Waals surface area contributed by atoms with Gasteiger partial charge in [0.1, 0.15) is 0 Å². The normalized spacial score (nSPS) is 11.8. The molecule has 0 radical (unpaired) electrons. The second kappa shape index (κ2) is 8.02. The molecular weight excluding hydrogens is 326 g/mol. The number of amides is 1. The van der Waals surface area contributed by atoms with Gasteiger partial charge in [-0.2, -0.15) is 0 Å². The number of pyridine rings is 2. The zero-order chi connectivity index (χ0) is 18.4. The molecule has 2 heterocycles. The lowest BCUT2D eigenvalue weighted by Gasteiger charge is -2.04. The van der Waals surface area contributed by atoms with Crippen LogP contribution >= 0.6 is 0 Å². The molecule has 6 nitrogen and oxygen atoms in total. The monoisotopic (exact) mass is 345 g/mol. The lowest BCUT2D eigenvalue weighted by molar-refractivity contribution is -0.115. The van der Waals surface area contributed by atoms with Crippen molar-refractivity contribution in [2.24, 2.45) is 10.7 Å². The summed E-state index contributed by atoms with van der Waals surface area (Å²) in [4.78, 5) is 24.8. The molecule has 6 heteroatoms. The quantitative estimate of drug-likeness (QED) is 0.432. The minimum Gasteiger partial charge on any atom is -0.370 e. The van der Waals surface area contributed by atoms with Gasteiger partial charge in [-0.25, -0.2) is 9.98 Å². The molecular formula is C20H19N5O. The van der Waals surface area contributed by atoms with E-state index in [9.17, 15) is 4.79 Å². The van der Waals surface area contributed by atoms with Gasteiger partial charge in [-0.05, 0) is 48.4 Å². The van der Waals surface area contributed by atoms with E-state index in [1.165, 1.54) is 6.08 Å². The summed E-state index contributed by atoms with van der Waals surface area (Å²) in [6, 6.07) is 15.3. The first-order valence-corrected chi connectivity index (χ1v) is 8.17. The topological polar surface area (TPSA) is 93.3 Å². The fourth-order valence-electron chi connectivity index (χ4n) is 2.39. The number of aromatic nitrogens is 2. The molecule has 0 fully saturated rings. The van der Waals surface area contributed by atoms with Crippen molar-refractivity contribution < 1.29 is 4.79 Å². The predicted octanol–water partition coefficient (Wildman–Crippen LogP) is 2.58. The second-order valence-electron chi connectivity index (χ2n) is 5.73. The van der Waals surface area contributed by atoms with E-state index in [2.05, 4.69) is 20.3 Å². The fraction of sp³-hybridized carbons (Fsp3) is 0.100. The van der Waals surface area contributed by atoms with Gasteiger partial charge in [0, 0.05) is 12.3 Å². The Morgan fingerprint density at radius 3 is 2.85 bits per heavy atom. The van der Waals surface area contributed by atoms with Crippen LogP contribution in [0.25, 0.3) is 17.1 Å². The van der Waals surface area contributed by atoms with Gasteiger partial charge in [-0.15, -0.1) is 0 Å². The van der Waals surface area contributed by atoms with Gasteiger partial charge in [0.25, 0.3) is 5.91 Å². The number of aryl methyl sites for hydroxylation is 1. The molecule has 0 bridgehead atoms. The van der Waals surface area contributed by atoms with Crippen LogP contribution in [0.3, 0.4) is 0 Å². The molecule has 3 N–H and O–H groups in total. The SMILES string of the molecule is Cc1ccccc1CN=C(N)NC(=O)/C=C/c1ccc2ncccc2n1. The van der Waals surface area contributed by atoms with Crippen molar-refractivity contribution in [2.45, 2.75) is 13.5 Å². The molecule has 26 heavy (non-hydrogen) atoms. The Hall–Kier alpha value is -3.54. The minimum atomic E-state index is -0.357. The summed E-state index contributed by atoms with van der Waals surface area (Å²) >= 11 is 0. The minimum absolute atomic E-state index is 0.0820. The highest BCUT2D eigenvalue weighted by atomic mass is 16.1. The molecule has 0 saturated heterocycles. The summed E-state index contributed by atoms with van der Waals surface area (Å²) in [5, 5.41) is 2.54. The molecule has 0 aliphatic carbocycles. The van der Waals surface area contributed by atoms with Crippen LogP contribution in [0, 0.1) is 6.92 Å². The molecule has 3 aromatic rings. The van der Waals surface area contributed by atoms with E-state index in [4.69, 9.17) is 5.73 Å². The number of benzene rings is 1. The average Bonchev–Trinajstić information content (AvgIpc) is 2.65. The van der Waals surface area contributed by atoms with Crippen LogP contribution in [0.4, 0.5) is 0 Å². The molecule has 1 aromatic carbocycles. The first-order valence-electron chi connectivity index (χ1n) is 8.17. The molecule has 1 amide bonds. The maximum absolute atomic E-state index is 12.0. The van der Waals surface area contributed by atoms with Crippen LogP contribution in [-0.4, -0.2) is 21.8 Å². The summed E-state index contributed by atoms with van der Waals surface area (Å²) in [6.07, 6.45) is 4.71. The number of hydrogen-bond donors (Lipinski definition) is 2. The lowest BCUT2D eigenvalue weighted by Crippen LogP contribution is -2.35. The number of nitrogens with zero attached hydrogens (tertiary/aromatic N) is 3. The Labute approximate surface area is 151 Å². The highest BCUT2D eigenvalue weighted by molar-refractivity contribution is 6.03. The number of nitrogens with two attached hydrogens (primary N) is 1. The van der Waals surface area contributed by atoms with Gasteiger partial charge in [-0.3, -0.25) is 15.1 Å². The fourth-order valence-corrected chi connectivity index (χ4v) is 2.39. The molecule has 130 valence electrons. The van der Waals surface area contributed by atoms with Gasteiger partial charge in [0.15, 0.2) is 5.96 Å². The standard InChI is InChI=1S/C20H19N5O/c1-14-5-2-3-6-15(14)13-23-20(21)25-19(26)11-9-16-8-10-17-18(24-16)7-4-12-22-17/h2-12H,13H2,1H3,(H3,21,23,25,26)/b11-9+. The van der Waals surface area contributed by atoms with Gasteiger partial charge >= 0.3 is 0 Å². The maximum Gasteiger partial charge on any atom is 0.250 e. The Morgan fingerprint density at radius 1 is 1.15 bits per heavy atom. The molecule has 0 spiro atoms. The molecule has 2 aromatic heterocycles. The van der Waals surface area contributed by atoms with Gasteiger partial charge in [0.2, 0.25) is 0 Å². The smallest absolute Gasteiger partial charge is 0.250 e. The van der Waals surface area contributed by atoms with Crippen LogP contribution in [-0.2, 0) is 11.3 Å². The van der Waals surface area contributed by atoms with E-state index in [1.807, 2.05) is 49.4 Å². The number of fused-ring (bicyclic) bond motifs is 1. The molecule has 0 aliphatic heterocycles. The summed E-state index contributed by atoms with van der Waals surface area (Å²) < 4.78 is 0. The number of rotatable bonds is 4. The Morgan fingerprint density at radius 2 is 2.00 bits per heavy atom. The Kier molecular flexibility index (Phi) is 5.34. The van der Waals surface area contributed by atoms with Crippen LogP contribution < -0.4 is 11.1 Å². The van der Waals surface area contributed by atoms with Crippen molar-refractivity contribution in [1.29, 1.82) is 0 Å². The van der Waals surface area contributed by atoms with E-state index < -0.39 is 0 Å². The largest absolute Gasteiger partial charge is 0.370 e. The van der Waals surface area contributed by atoms with Gasteiger partial charge < -0.3 is 5.73 Å². The third-order valence-electron chi connectivity index (χ3n) is 3.82. The first kappa shape index (κ1) is 17.3. The zero-order valence-corrected chi connectivity index (χ0v) is 14.4. The van der Waals surface area contributed by atoms with Gasteiger partial charge in [-0.1, -0.05) is 24.3 Å². The van der Waals surface area contributed by atoms with Crippen LogP contribution in [0.1, 0.15) is 16.8 Å². The van der Waals surface area contributed by atoms with E-state index in [0.717, 1.165) is 22.2 Å². The summed E-state index contributed by atoms with van der Waals surface area (Å²) in [5.74, 6) is -0.275. The lowest BCUT2D eigenvalue weighted by atomic mass is 10.1. The third-order valence-corrected chi connectivity index (χ3v) is 3.82. The van der Waals surface area contributed by atoms with Crippen LogP contribution in [0.5, 0.6) is 0 Å². The van der Waals surface area contributed by atoms with Crippen molar-refractivity contribution in [2.75, 3.05) is 0 Å². The maximum atomic E-state index is 12.0. The van der Waals surface area contributed by atoms with Crippen molar-refractivity contribution in [1.82, 2.24) is 15.3 Å². The zero-order valence-electron chi connectivity index (χ0n) is 14.4. The number of carbonyl (C=O) groups excluding carboxylic acids is 1. The van der Waals surface area contributed by atoms with Crippen molar-refractivity contribution in [3.8, 4) is 0 Å². The highest BCUT2D eigenvalue weighted by Crippen LogP contribution is 2.10. The number of guanidine groups is 1. The summed E-state index contributed by atoms with van der Waals surface area (Å²) in [6.45, 7) is 2.43. The van der Waals surface area contributed by atoms with E-state index in [1.54, 1.807) is 18.3 Å². The van der Waals surface area contributed by atoms with Crippen molar-refractivity contribution >= 4 is 29.0 Å². The van der Waals surface area contributed by atoms with E-state index >= 15 is 0 Å². The first-order chi connectivity index (χ1) is 12.6. The van der Waals surface area contributed by atoms with E-state index in [-0.39, 0.29) is 11.9 Å². The molecule has 0 saturated carbocycles. The van der Waals surface area contributed by atoms with Gasteiger partial charge in [0.05, 0.1) is 23.3 Å². The highest BCUT2D eigenvalue weighted by Gasteiger charge is 2.01. The molecule has 0 unspecified atom stereocenters. The predicted molar refractivity (Wildman–Crippen MR) is 103 cm³/mol. The number of carbonyl (C=O) groups is 1. The summed E-state index contributed by atoms with van der Waals surface area (Å²) in [7, 11) is 0. The third kappa shape index (κ3) is 4.51. The molecule has 0 aliphatic rings. The second-order valence-corrected chi connectivity index (χ2v) is 5.73. The van der Waals surface area contributed by atoms with Crippen LogP contribution in [0.15, 0.2) is 65.8 Å². The van der Waals surface area contributed by atoms with Crippen molar-refractivity contribution in [3.05, 3.63) is 77.6 Å².